The van der Waals surface area contributed by atoms with Crippen molar-refractivity contribution in [2.75, 3.05) is 13.7 Å². The van der Waals surface area contributed by atoms with Crippen molar-refractivity contribution < 1.29 is 14.3 Å². The van der Waals surface area contributed by atoms with E-state index in [-0.39, 0.29) is 23.3 Å². The zero-order valence-corrected chi connectivity index (χ0v) is 12.1. The summed E-state index contributed by atoms with van der Waals surface area (Å²) >= 11 is 0. The molecule has 18 heavy (non-hydrogen) atoms. The first kappa shape index (κ1) is 15.0. The fourth-order valence-corrected chi connectivity index (χ4v) is 2.01. The Hall–Kier alpha value is -1.10. The summed E-state index contributed by atoms with van der Waals surface area (Å²) in [6.45, 7) is 9.92. The highest BCUT2D eigenvalue weighted by atomic mass is 16.5. The summed E-state index contributed by atoms with van der Waals surface area (Å²) in [6.07, 6.45) is -0.0806. The Kier molecular flexibility index (Phi) is 4.37. The SMILES string of the molecule is COC(C)CN1C(=O)C(C(C)(C)C)NC(=O)C1C. The van der Waals surface area contributed by atoms with Crippen molar-refractivity contribution in [1.29, 1.82) is 0 Å². The largest absolute Gasteiger partial charge is 0.380 e. The summed E-state index contributed by atoms with van der Waals surface area (Å²) in [5.41, 5.74) is -0.290. The van der Waals surface area contributed by atoms with E-state index in [1.54, 1.807) is 18.9 Å². The van der Waals surface area contributed by atoms with E-state index in [0.717, 1.165) is 0 Å². The van der Waals surface area contributed by atoms with Crippen LogP contribution in [0.2, 0.25) is 0 Å². The fraction of sp³-hybridized carbons (Fsp3) is 0.846. The summed E-state index contributed by atoms with van der Waals surface area (Å²) in [6, 6.07) is -0.904. The number of amides is 2. The number of carbonyl (C=O) groups is 2. The van der Waals surface area contributed by atoms with Crippen molar-refractivity contribution in [1.82, 2.24) is 10.2 Å². The topological polar surface area (TPSA) is 58.6 Å². The molecular weight excluding hydrogens is 232 g/mol. The van der Waals surface area contributed by atoms with Gasteiger partial charge in [0.05, 0.1) is 6.10 Å². The third kappa shape index (κ3) is 3.02. The van der Waals surface area contributed by atoms with Gasteiger partial charge < -0.3 is 15.0 Å². The minimum absolute atomic E-state index is 0.0292. The molecule has 3 unspecified atom stereocenters. The number of methoxy groups -OCH3 is 1. The first-order chi connectivity index (χ1) is 8.18. The third-order valence-corrected chi connectivity index (χ3v) is 3.39. The van der Waals surface area contributed by atoms with Crippen molar-refractivity contribution >= 4 is 11.8 Å². The molecule has 104 valence electrons. The lowest BCUT2D eigenvalue weighted by Gasteiger charge is -2.42. The van der Waals surface area contributed by atoms with E-state index < -0.39 is 12.1 Å². The molecule has 0 aromatic rings. The second-order valence-corrected chi connectivity index (χ2v) is 6.02. The van der Waals surface area contributed by atoms with E-state index in [2.05, 4.69) is 5.32 Å². The molecule has 1 heterocycles. The van der Waals surface area contributed by atoms with Crippen LogP contribution >= 0.6 is 0 Å². The predicted octanol–water partition coefficient (Wildman–Crippen LogP) is 0.783. The Balaban J connectivity index is 2.93. The molecule has 1 rings (SSSR count). The predicted molar refractivity (Wildman–Crippen MR) is 69.0 cm³/mol. The standard InChI is InChI=1S/C13H24N2O3/c1-8(18-6)7-15-9(2)11(16)14-10(12(15)17)13(3,4)5/h8-10H,7H2,1-6H3,(H,14,16). The molecule has 0 aromatic heterocycles. The number of rotatable bonds is 3. The Labute approximate surface area is 109 Å². The maximum absolute atomic E-state index is 12.4. The van der Waals surface area contributed by atoms with E-state index in [9.17, 15) is 9.59 Å². The van der Waals surface area contributed by atoms with Gasteiger partial charge in [0.25, 0.3) is 0 Å². The van der Waals surface area contributed by atoms with E-state index >= 15 is 0 Å². The van der Waals surface area contributed by atoms with Gasteiger partial charge in [0.2, 0.25) is 11.8 Å². The number of piperazine rings is 1. The normalized spacial score (nSPS) is 27.1. The van der Waals surface area contributed by atoms with E-state index in [1.165, 1.54) is 0 Å². The van der Waals surface area contributed by atoms with Crippen LogP contribution in [0.1, 0.15) is 34.6 Å². The Morgan fingerprint density at radius 1 is 1.39 bits per heavy atom. The number of ether oxygens (including phenoxy) is 1. The lowest BCUT2D eigenvalue weighted by molar-refractivity contribution is -0.153. The second kappa shape index (κ2) is 5.26. The molecular formula is C13H24N2O3. The second-order valence-electron chi connectivity index (χ2n) is 6.02. The summed E-state index contributed by atoms with van der Waals surface area (Å²) in [5.74, 6) is -0.128. The monoisotopic (exact) mass is 256 g/mol. The van der Waals surface area contributed by atoms with Crippen LogP contribution < -0.4 is 5.32 Å². The summed E-state index contributed by atoms with van der Waals surface area (Å²) < 4.78 is 5.18. The fourth-order valence-electron chi connectivity index (χ4n) is 2.01. The quantitative estimate of drug-likeness (QED) is 0.812. The van der Waals surface area contributed by atoms with Crippen LogP contribution in [0.5, 0.6) is 0 Å². The smallest absolute Gasteiger partial charge is 0.246 e. The number of hydrogen-bond donors (Lipinski definition) is 1. The van der Waals surface area contributed by atoms with Gasteiger partial charge in [-0.3, -0.25) is 9.59 Å². The first-order valence-corrected chi connectivity index (χ1v) is 6.32. The number of nitrogens with one attached hydrogen (secondary N) is 1. The van der Waals surface area contributed by atoms with E-state index in [1.807, 2.05) is 27.7 Å². The van der Waals surface area contributed by atoms with Crippen LogP contribution in [0.25, 0.3) is 0 Å². The van der Waals surface area contributed by atoms with Crippen LogP contribution in [0.3, 0.4) is 0 Å². The summed E-state index contributed by atoms with van der Waals surface area (Å²) in [7, 11) is 1.60. The van der Waals surface area contributed by atoms with E-state index in [4.69, 9.17) is 4.74 Å². The maximum Gasteiger partial charge on any atom is 0.246 e. The van der Waals surface area contributed by atoms with Gasteiger partial charge >= 0.3 is 0 Å². The molecule has 0 bridgehead atoms. The summed E-state index contributed by atoms with van der Waals surface area (Å²) in [4.78, 5) is 26.0. The third-order valence-electron chi connectivity index (χ3n) is 3.39. The molecule has 5 heteroatoms. The van der Waals surface area contributed by atoms with Crippen LogP contribution in [-0.2, 0) is 14.3 Å². The maximum atomic E-state index is 12.4. The molecule has 1 aliphatic rings. The Morgan fingerprint density at radius 3 is 2.39 bits per heavy atom. The Bertz CT molecular complexity index is 336. The van der Waals surface area contributed by atoms with Crippen molar-refractivity contribution in [3.05, 3.63) is 0 Å². The van der Waals surface area contributed by atoms with Crippen LogP contribution in [-0.4, -0.2) is 48.6 Å². The van der Waals surface area contributed by atoms with Crippen molar-refractivity contribution in [3.8, 4) is 0 Å². The average molecular weight is 256 g/mol. The minimum Gasteiger partial charge on any atom is -0.380 e. The van der Waals surface area contributed by atoms with Crippen LogP contribution in [0.4, 0.5) is 0 Å². The molecule has 0 aliphatic carbocycles. The molecule has 0 saturated carbocycles. The van der Waals surface area contributed by atoms with Gasteiger partial charge in [0.1, 0.15) is 12.1 Å². The molecule has 1 N–H and O–H groups in total. The highest BCUT2D eigenvalue weighted by molar-refractivity contribution is 5.97. The molecule has 5 nitrogen and oxygen atoms in total. The van der Waals surface area contributed by atoms with Gasteiger partial charge in [-0.25, -0.2) is 0 Å². The highest BCUT2D eigenvalue weighted by Crippen LogP contribution is 2.25. The lowest BCUT2D eigenvalue weighted by atomic mass is 9.84. The van der Waals surface area contributed by atoms with Gasteiger partial charge in [-0.2, -0.15) is 0 Å². The zero-order valence-electron chi connectivity index (χ0n) is 12.1. The number of carbonyl (C=O) groups excluding carboxylic acids is 2. The molecule has 1 fully saturated rings. The summed E-state index contributed by atoms with van der Waals surface area (Å²) in [5, 5.41) is 2.81. The van der Waals surface area contributed by atoms with Crippen LogP contribution in [0.15, 0.2) is 0 Å². The first-order valence-electron chi connectivity index (χ1n) is 6.32. The molecule has 0 aromatic carbocycles. The Morgan fingerprint density at radius 2 is 1.94 bits per heavy atom. The molecule has 2 amide bonds. The zero-order chi connectivity index (χ0) is 14.1. The average Bonchev–Trinajstić information content (AvgIpc) is 2.27. The van der Waals surface area contributed by atoms with Gasteiger partial charge in [-0.05, 0) is 19.3 Å². The van der Waals surface area contributed by atoms with Crippen molar-refractivity contribution in [2.24, 2.45) is 5.41 Å². The highest BCUT2D eigenvalue weighted by Gasteiger charge is 2.43. The minimum atomic E-state index is -0.467. The molecule has 1 aliphatic heterocycles. The van der Waals surface area contributed by atoms with E-state index in [0.29, 0.717) is 6.54 Å². The molecule has 0 radical (unpaired) electrons. The number of nitrogens with zero attached hydrogens (tertiary/aromatic N) is 1. The molecule has 1 saturated heterocycles. The van der Waals surface area contributed by atoms with Gasteiger partial charge in [0.15, 0.2) is 0 Å². The van der Waals surface area contributed by atoms with Gasteiger partial charge in [-0.15, -0.1) is 0 Å². The molecule has 3 atom stereocenters. The van der Waals surface area contributed by atoms with Gasteiger partial charge in [0, 0.05) is 13.7 Å². The molecule has 0 spiro atoms. The van der Waals surface area contributed by atoms with Gasteiger partial charge in [-0.1, -0.05) is 20.8 Å². The number of hydrogen-bond acceptors (Lipinski definition) is 3. The lowest BCUT2D eigenvalue weighted by Crippen LogP contribution is -2.66. The van der Waals surface area contributed by atoms with Crippen molar-refractivity contribution in [2.45, 2.75) is 52.8 Å². The van der Waals surface area contributed by atoms with Crippen molar-refractivity contribution in [3.63, 3.8) is 0 Å². The van der Waals surface area contributed by atoms with Crippen LogP contribution in [0, 0.1) is 5.41 Å².